The molecule has 23 heavy (non-hydrogen) atoms. The Morgan fingerprint density at radius 3 is 2.83 bits per heavy atom. The Labute approximate surface area is 138 Å². The first kappa shape index (κ1) is 15.6. The van der Waals surface area contributed by atoms with Gasteiger partial charge in [-0.25, -0.2) is 0 Å². The van der Waals surface area contributed by atoms with Gasteiger partial charge in [0.05, 0.1) is 19.2 Å². The predicted octanol–water partition coefficient (Wildman–Crippen LogP) is 3.57. The van der Waals surface area contributed by atoms with Crippen LogP contribution in [-0.2, 0) is 12.2 Å². The molecule has 0 unspecified atom stereocenters. The fourth-order valence-electron chi connectivity index (χ4n) is 2.17. The zero-order valence-electron chi connectivity index (χ0n) is 13.2. The van der Waals surface area contributed by atoms with Gasteiger partial charge in [0.15, 0.2) is 0 Å². The van der Waals surface area contributed by atoms with Crippen LogP contribution >= 0.6 is 11.8 Å². The molecule has 1 aromatic carbocycles. The van der Waals surface area contributed by atoms with Crippen LogP contribution in [0.1, 0.15) is 28.5 Å². The molecular formula is C16H17N3O3S. The number of hydrogen-bond donors (Lipinski definition) is 0. The lowest BCUT2D eigenvalue weighted by molar-refractivity contribution is 0.392. The van der Waals surface area contributed by atoms with Gasteiger partial charge in [-0.2, -0.15) is 0 Å². The van der Waals surface area contributed by atoms with E-state index in [0.717, 1.165) is 28.3 Å². The lowest BCUT2D eigenvalue weighted by Gasteiger charge is -2.01. The van der Waals surface area contributed by atoms with Gasteiger partial charge in [0.25, 0.3) is 5.22 Å². The van der Waals surface area contributed by atoms with Crippen molar-refractivity contribution in [3.8, 4) is 5.75 Å². The first-order chi connectivity index (χ1) is 11.2. The predicted molar refractivity (Wildman–Crippen MR) is 85.6 cm³/mol. The van der Waals surface area contributed by atoms with Crippen molar-refractivity contribution in [3.05, 3.63) is 52.7 Å². The summed E-state index contributed by atoms with van der Waals surface area (Å²) in [5, 5.41) is 12.7. The largest absolute Gasteiger partial charge is 0.497 e. The van der Waals surface area contributed by atoms with Gasteiger partial charge in [-0.3, -0.25) is 0 Å². The summed E-state index contributed by atoms with van der Waals surface area (Å²) in [5.41, 5.74) is 3.03. The highest BCUT2D eigenvalue weighted by Crippen LogP contribution is 2.25. The molecule has 0 saturated heterocycles. The molecule has 0 spiro atoms. The topological polar surface area (TPSA) is 74.2 Å². The molecule has 3 aromatic rings. The molecule has 0 aliphatic heterocycles. The lowest BCUT2D eigenvalue weighted by Crippen LogP contribution is -1.90. The third-order valence-electron chi connectivity index (χ3n) is 3.46. The Hall–Kier alpha value is -2.28. The van der Waals surface area contributed by atoms with Crippen molar-refractivity contribution in [2.75, 3.05) is 7.11 Å². The minimum atomic E-state index is 0.544. The molecule has 0 aliphatic rings. The number of rotatable bonds is 6. The molecule has 0 saturated carbocycles. The van der Waals surface area contributed by atoms with E-state index in [9.17, 15) is 0 Å². The van der Waals surface area contributed by atoms with Crippen LogP contribution in [0, 0.1) is 13.8 Å². The van der Waals surface area contributed by atoms with Crippen molar-refractivity contribution in [2.24, 2.45) is 0 Å². The van der Waals surface area contributed by atoms with Gasteiger partial charge in [0, 0.05) is 11.3 Å². The quantitative estimate of drug-likeness (QED) is 0.639. The summed E-state index contributed by atoms with van der Waals surface area (Å²) in [4.78, 5) is 0. The van der Waals surface area contributed by atoms with Gasteiger partial charge in [-0.1, -0.05) is 29.1 Å². The zero-order chi connectivity index (χ0) is 16.2. The minimum absolute atomic E-state index is 0.544. The number of benzene rings is 1. The van der Waals surface area contributed by atoms with Crippen LogP contribution < -0.4 is 4.74 Å². The number of nitrogens with zero attached hydrogens (tertiary/aromatic N) is 3. The fraction of sp³-hybridized carbons (Fsp3) is 0.312. The monoisotopic (exact) mass is 331 g/mol. The molecule has 120 valence electrons. The molecule has 0 radical (unpaired) electrons. The Bertz CT molecular complexity index is 778. The molecular weight excluding hydrogens is 314 g/mol. The SMILES string of the molecule is COc1cccc(Cc2nnc(SCc3c(C)noc3C)o2)c1. The number of thioether (sulfide) groups is 1. The molecule has 2 heterocycles. The highest BCUT2D eigenvalue weighted by molar-refractivity contribution is 7.98. The van der Waals surface area contributed by atoms with Gasteiger partial charge in [0.2, 0.25) is 5.89 Å². The Balaban J connectivity index is 1.64. The standard InChI is InChI=1S/C16H17N3O3S/c1-10-14(11(2)22-19-10)9-23-16-18-17-15(21-16)8-12-5-4-6-13(7-12)20-3/h4-7H,8-9H2,1-3H3. The number of hydrogen-bond acceptors (Lipinski definition) is 7. The first-order valence-electron chi connectivity index (χ1n) is 7.15. The summed E-state index contributed by atoms with van der Waals surface area (Å²) in [6, 6.07) is 7.81. The van der Waals surface area contributed by atoms with Gasteiger partial charge in [-0.15, -0.1) is 10.2 Å². The second kappa shape index (κ2) is 6.87. The highest BCUT2D eigenvalue weighted by atomic mass is 32.2. The van der Waals surface area contributed by atoms with Crippen LogP contribution in [0.25, 0.3) is 0 Å². The summed E-state index contributed by atoms with van der Waals surface area (Å²) in [7, 11) is 1.65. The molecule has 6 nitrogen and oxygen atoms in total. The maximum absolute atomic E-state index is 5.69. The fourth-order valence-corrected chi connectivity index (χ4v) is 3.10. The molecule has 0 amide bonds. The van der Waals surface area contributed by atoms with E-state index in [1.165, 1.54) is 11.8 Å². The van der Waals surface area contributed by atoms with Crippen molar-refractivity contribution in [3.63, 3.8) is 0 Å². The van der Waals surface area contributed by atoms with Crippen molar-refractivity contribution >= 4 is 11.8 Å². The van der Waals surface area contributed by atoms with Crippen LogP contribution in [0.3, 0.4) is 0 Å². The van der Waals surface area contributed by atoms with Crippen LogP contribution in [0.4, 0.5) is 0 Å². The third-order valence-corrected chi connectivity index (χ3v) is 4.30. The van der Waals surface area contributed by atoms with E-state index in [2.05, 4.69) is 15.4 Å². The molecule has 0 atom stereocenters. The zero-order valence-corrected chi connectivity index (χ0v) is 14.0. The molecule has 3 rings (SSSR count). The Morgan fingerprint density at radius 1 is 1.22 bits per heavy atom. The maximum atomic E-state index is 5.69. The van der Waals surface area contributed by atoms with Crippen molar-refractivity contribution in [1.82, 2.24) is 15.4 Å². The average molecular weight is 331 g/mol. The van der Waals surface area contributed by atoms with Crippen LogP contribution in [-0.4, -0.2) is 22.5 Å². The molecule has 0 aliphatic carbocycles. The van der Waals surface area contributed by atoms with Gasteiger partial charge in [0.1, 0.15) is 11.5 Å². The summed E-state index contributed by atoms with van der Waals surface area (Å²) < 4.78 is 16.1. The summed E-state index contributed by atoms with van der Waals surface area (Å²) in [5.74, 6) is 2.92. The van der Waals surface area contributed by atoms with Crippen molar-refractivity contribution in [2.45, 2.75) is 31.2 Å². The Kier molecular flexibility index (Phi) is 4.66. The van der Waals surface area contributed by atoms with E-state index in [-0.39, 0.29) is 0 Å². The van der Waals surface area contributed by atoms with Crippen molar-refractivity contribution < 1.29 is 13.7 Å². The first-order valence-corrected chi connectivity index (χ1v) is 8.14. The molecule has 0 fully saturated rings. The average Bonchev–Trinajstić information content (AvgIpc) is 3.13. The maximum Gasteiger partial charge on any atom is 0.276 e. The highest BCUT2D eigenvalue weighted by Gasteiger charge is 2.13. The van der Waals surface area contributed by atoms with E-state index < -0.39 is 0 Å². The normalized spacial score (nSPS) is 10.9. The smallest absolute Gasteiger partial charge is 0.276 e. The van der Waals surface area contributed by atoms with E-state index in [1.54, 1.807) is 7.11 Å². The molecule has 0 bridgehead atoms. The van der Waals surface area contributed by atoms with Gasteiger partial charge >= 0.3 is 0 Å². The number of methoxy groups -OCH3 is 1. The second-order valence-corrected chi connectivity index (χ2v) is 6.01. The van der Waals surface area contributed by atoms with E-state index in [4.69, 9.17) is 13.7 Å². The van der Waals surface area contributed by atoms with E-state index in [1.807, 2.05) is 38.1 Å². The van der Waals surface area contributed by atoms with Crippen LogP contribution in [0.5, 0.6) is 5.75 Å². The van der Waals surface area contributed by atoms with E-state index >= 15 is 0 Å². The molecule has 0 N–H and O–H groups in total. The van der Waals surface area contributed by atoms with Crippen molar-refractivity contribution in [1.29, 1.82) is 0 Å². The van der Waals surface area contributed by atoms with E-state index in [0.29, 0.717) is 23.3 Å². The lowest BCUT2D eigenvalue weighted by atomic mass is 10.1. The summed E-state index contributed by atoms with van der Waals surface area (Å²) in [6.45, 7) is 3.83. The Morgan fingerprint density at radius 2 is 2.09 bits per heavy atom. The van der Waals surface area contributed by atoms with Gasteiger partial charge < -0.3 is 13.7 Å². The molecule has 7 heteroatoms. The summed E-state index contributed by atoms with van der Waals surface area (Å²) in [6.07, 6.45) is 0.579. The van der Waals surface area contributed by atoms with Gasteiger partial charge in [-0.05, 0) is 31.5 Å². The minimum Gasteiger partial charge on any atom is -0.497 e. The van der Waals surface area contributed by atoms with Crippen LogP contribution in [0.15, 0.2) is 38.4 Å². The third kappa shape index (κ3) is 3.73. The number of aromatic nitrogens is 3. The molecule has 2 aromatic heterocycles. The second-order valence-electron chi connectivity index (χ2n) is 5.08. The number of aryl methyl sites for hydroxylation is 2. The number of ether oxygens (including phenoxy) is 1. The summed E-state index contributed by atoms with van der Waals surface area (Å²) >= 11 is 1.48. The van der Waals surface area contributed by atoms with Crippen LogP contribution in [0.2, 0.25) is 0 Å².